The molecule has 318 valence electrons. The van der Waals surface area contributed by atoms with Crippen molar-refractivity contribution in [3.8, 4) is 0 Å². The Morgan fingerprint density at radius 2 is 0.982 bits per heavy atom. The highest BCUT2D eigenvalue weighted by atomic mass is 31.2. The molecular weight excluding hydrogens is 715 g/mol. The molecule has 2 atom stereocenters. The van der Waals surface area contributed by atoms with Crippen molar-refractivity contribution in [3.05, 3.63) is 60.8 Å². The fraction of sp³-hybridized carbons (Fsp3) is 0.733. The molecule has 0 aliphatic heterocycles. The Morgan fingerprint density at radius 1 is 0.545 bits per heavy atom. The number of aliphatic hydroxyl groups excluding tert-OH is 1. The lowest BCUT2D eigenvalue weighted by atomic mass is 10.1. The molecule has 0 spiro atoms. The first-order valence-electron chi connectivity index (χ1n) is 21.7. The van der Waals surface area contributed by atoms with Crippen molar-refractivity contribution in [1.82, 2.24) is 0 Å². The smallest absolute Gasteiger partial charge is 0.462 e. The summed E-state index contributed by atoms with van der Waals surface area (Å²) in [5, 5.41) is 9.54. The summed E-state index contributed by atoms with van der Waals surface area (Å²) in [4.78, 5) is 42.9. The van der Waals surface area contributed by atoms with Crippen molar-refractivity contribution >= 4 is 19.8 Å². The number of hydrogen-bond donors (Lipinski definition) is 3. The summed E-state index contributed by atoms with van der Waals surface area (Å²) in [6, 6.07) is 0. The molecule has 0 rings (SSSR count). The lowest BCUT2D eigenvalue weighted by molar-refractivity contribution is -0.161. The van der Waals surface area contributed by atoms with Crippen LogP contribution in [0, 0.1) is 0 Å². The standard InChI is InChI=1S/C45H79O9P/c1-3-5-6-7-8-9-10-11-12-13-14-15-16-21-24-27-30-33-36-39-45(48)54-43(41-53-55(49,50)51)40-52-44(47)38-35-32-29-26-23-20-18-17-19-22-25-28-31-34-37-42(46)4-2/h11-12,18-20,22,26,28-29,31,42-43,46H,3-10,13-17,21,23-25,27,30,32-41H2,1-2H3,(H2,49,50,51)/b12-11-,20-18-,22-19-,29-26-,31-28-/t42-,43+/m0/s1. The van der Waals surface area contributed by atoms with Crippen LogP contribution < -0.4 is 0 Å². The van der Waals surface area contributed by atoms with Crippen LogP contribution in [0.2, 0.25) is 0 Å². The molecule has 0 saturated carbocycles. The van der Waals surface area contributed by atoms with Gasteiger partial charge >= 0.3 is 19.8 Å². The van der Waals surface area contributed by atoms with E-state index in [1.807, 2.05) is 19.1 Å². The largest absolute Gasteiger partial charge is 0.469 e. The first-order chi connectivity index (χ1) is 26.7. The van der Waals surface area contributed by atoms with E-state index in [4.69, 9.17) is 19.3 Å². The van der Waals surface area contributed by atoms with Gasteiger partial charge in [0.05, 0.1) is 12.7 Å². The lowest BCUT2D eigenvalue weighted by Gasteiger charge is -2.18. The molecule has 0 amide bonds. The normalized spacial score (nSPS) is 13.6. The van der Waals surface area contributed by atoms with Crippen molar-refractivity contribution in [1.29, 1.82) is 0 Å². The van der Waals surface area contributed by atoms with Gasteiger partial charge < -0.3 is 24.4 Å². The molecule has 0 saturated heterocycles. The van der Waals surface area contributed by atoms with Crippen LogP contribution in [-0.4, -0.2) is 52.3 Å². The van der Waals surface area contributed by atoms with Gasteiger partial charge in [-0.1, -0.05) is 152 Å². The summed E-state index contributed by atoms with van der Waals surface area (Å²) in [5.74, 6) is -0.972. The zero-order valence-corrected chi connectivity index (χ0v) is 35.6. The molecule has 0 aromatic rings. The molecule has 10 heteroatoms. The van der Waals surface area contributed by atoms with Gasteiger partial charge in [-0.3, -0.25) is 14.1 Å². The highest BCUT2D eigenvalue weighted by Gasteiger charge is 2.22. The maximum absolute atomic E-state index is 12.4. The quantitative estimate of drug-likeness (QED) is 0.0240. The SMILES string of the molecule is CCCCCCCC/C=C\CCCCCCCCCCCC(=O)O[C@H](COC(=O)CCC/C=C\C/C=C\C/C=C\C/C=C\CC[C@@H](O)CC)COP(=O)(O)O. The number of phosphoric acid groups is 1. The molecule has 0 fully saturated rings. The fourth-order valence-corrected chi connectivity index (χ4v) is 6.11. The van der Waals surface area contributed by atoms with Gasteiger partial charge in [-0.25, -0.2) is 4.57 Å². The van der Waals surface area contributed by atoms with Crippen LogP contribution >= 0.6 is 7.82 Å². The second-order valence-electron chi connectivity index (χ2n) is 14.5. The van der Waals surface area contributed by atoms with E-state index >= 15 is 0 Å². The Balaban J connectivity index is 4.01. The molecule has 0 aliphatic rings. The number of phosphoric ester groups is 1. The van der Waals surface area contributed by atoms with Gasteiger partial charge in [-0.15, -0.1) is 0 Å². The summed E-state index contributed by atoms with van der Waals surface area (Å²) < 4.78 is 26.3. The molecular formula is C45H79O9P. The van der Waals surface area contributed by atoms with Crippen LogP contribution in [0.4, 0.5) is 0 Å². The Morgan fingerprint density at radius 3 is 1.51 bits per heavy atom. The monoisotopic (exact) mass is 795 g/mol. The minimum atomic E-state index is -4.78. The van der Waals surface area contributed by atoms with Crippen molar-refractivity contribution in [2.75, 3.05) is 13.2 Å². The predicted molar refractivity (Wildman–Crippen MR) is 227 cm³/mol. The summed E-state index contributed by atoms with van der Waals surface area (Å²) in [7, 11) is -4.78. The lowest BCUT2D eigenvalue weighted by Crippen LogP contribution is -2.29. The van der Waals surface area contributed by atoms with E-state index in [9.17, 15) is 19.3 Å². The van der Waals surface area contributed by atoms with E-state index in [1.54, 1.807) is 0 Å². The molecule has 3 N–H and O–H groups in total. The summed E-state index contributed by atoms with van der Waals surface area (Å²) in [6.07, 6.45) is 47.5. The van der Waals surface area contributed by atoms with Gasteiger partial charge in [-0.2, -0.15) is 0 Å². The average molecular weight is 795 g/mol. The number of carbonyl (C=O) groups excluding carboxylic acids is 2. The number of carbonyl (C=O) groups is 2. The molecule has 0 aliphatic carbocycles. The van der Waals surface area contributed by atoms with Crippen molar-refractivity contribution in [2.24, 2.45) is 0 Å². The third-order valence-electron chi connectivity index (χ3n) is 9.17. The van der Waals surface area contributed by atoms with Crippen LogP contribution in [0.25, 0.3) is 0 Å². The van der Waals surface area contributed by atoms with E-state index in [1.165, 1.54) is 83.5 Å². The number of esters is 2. The second-order valence-corrected chi connectivity index (χ2v) is 15.7. The maximum atomic E-state index is 12.4. The molecule has 0 unspecified atom stereocenters. The van der Waals surface area contributed by atoms with Gasteiger partial charge in [0.15, 0.2) is 6.10 Å². The Bertz CT molecular complexity index is 1090. The third-order valence-corrected chi connectivity index (χ3v) is 9.66. The van der Waals surface area contributed by atoms with Crippen LogP contribution in [0.3, 0.4) is 0 Å². The Hall–Kier alpha value is -2.29. The van der Waals surface area contributed by atoms with Crippen molar-refractivity contribution in [2.45, 2.75) is 199 Å². The molecule has 9 nitrogen and oxygen atoms in total. The zero-order chi connectivity index (χ0) is 40.5. The number of aliphatic hydroxyl groups is 1. The second kappa shape index (κ2) is 39.9. The highest BCUT2D eigenvalue weighted by molar-refractivity contribution is 7.46. The first kappa shape index (κ1) is 52.7. The zero-order valence-electron chi connectivity index (χ0n) is 34.7. The van der Waals surface area contributed by atoms with E-state index in [-0.39, 0.29) is 25.6 Å². The van der Waals surface area contributed by atoms with Crippen LogP contribution in [-0.2, 0) is 28.2 Å². The molecule has 0 heterocycles. The third kappa shape index (κ3) is 42.7. The number of hydrogen-bond acceptors (Lipinski definition) is 7. The number of ether oxygens (including phenoxy) is 2. The Labute approximate surface area is 335 Å². The fourth-order valence-electron chi connectivity index (χ4n) is 5.75. The summed E-state index contributed by atoms with van der Waals surface area (Å²) >= 11 is 0. The molecule has 0 bridgehead atoms. The van der Waals surface area contributed by atoms with Gasteiger partial charge in [0.1, 0.15) is 6.61 Å². The average Bonchev–Trinajstić information content (AvgIpc) is 3.16. The van der Waals surface area contributed by atoms with Crippen LogP contribution in [0.15, 0.2) is 60.8 Å². The number of unbranched alkanes of at least 4 members (excludes halogenated alkanes) is 16. The molecule has 0 aromatic carbocycles. The van der Waals surface area contributed by atoms with Crippen molar-refractivity contribution < 1.29 is 43.0 Å². The first-order valence-corrected chi connectivity index (χ1v) is 23.2. The molecule has 0 radical (unpaired) electrons. The van der Waals surface area contributed by atoms with E-state index in [0.717, 1.165) is 57.8 Å². The summed E-state index contributed by atoms with van der Waals surface area (Å²) in [5.41, 5.74) is 0. The van der Waals surface area contributed by atoms with Gasteiger partial charge in [0.25, 0.3) is 0 Å². The minimum absolute atomic E-state index is 0.176. The number of allylic oxidation sites excluding steroid dienone is 10. The van der Waals surface area contributed by atoms with E-state index in [2.05, 4.69) is 60.1 Å². The topological polar surface area (TPSA) is 140 Å². The minimum Gasteiger partial charge on any atom is -0.462 e. The van der Waals surface area contributed by atoms with Crippen molar-refractivity contribution in [3.63, 3.8) is 0 Å². The van der Waals surface area contributed by atoms with E-state index < -0.39 is 32.5 Å². The highest BCUT2D eigenvalue weighted by Crippen LogP contribution is 2.36. The summed E-state index contributed by atoms with van der Waals surface area (Å²) in [6.45, 7) is 3.36. The van der Waals surface area contributed by atoms with Gasteiger partial charge in [0, 0.05) is 12.8 Å². The van der Waals surface area contributed by atoms with Gasteiger partial charge in [0.2, 0.25) is 0 Å². The number of rotatable bonds is 39. The van der Waals surface area contributed by atoms with Crippen LogP contribution in [0.1, 0.15) is 187 Å². The Kier molecular flexibility index (Phi) is 38.3. The van der Waals surface area contributed by atoms with E-state index in [0.29, 0.717) is 19.3 Å². The maximum Gasteiger partial charge on any atom is 0.469 e. The molecule has 0 aromatic heterocycles. The van der Waals surface area contributed by atoms with Gasteiger partial charge in [-0.05, 0) is 83.5 Å². The predicted octanol–water partition coefficient (Wildman–Crippen LogP) is 12.3. The molecule has 55 heavy (non-hydrogen) atoms. The van der Waals surface area contributed by atoms with Crippen LogP contribution in [0.5, 0.6) is 0 Å².